The second-order valence-electron chi connectivity index (χ2n) is 9.88. The van der Waals surface area contributed by atoms with E-state index in [0.29, 0.717) is 11.3 Å². The summed E-state index contributed by atoms with van der Waals surface area (Å²) in [6.07, 6.45) is -5.47. The first-order chi connectivity index (χ1) is 19.3. The van der Waals surface area contributed by atoms with Crippen LogP contribution in [0.4, 0.5) is 17.6 Å². The fourth-order valence-corrected chi connectivity index (χ4v) is 4.75. The molecule has 1 aliphatic rings. The molecule has 0 fully saturated rings. The van der Waals surface area contributed by atoms with Crippen LogP contribution >= 0.6 is 0 Å². The van der Waals surface area contributed by atoms with Gasteiger partial charge in [-0.25, -0.2) is 4.39 Å². The minimum atomic E-state index is -5.38. The summed E-state index contributed by atoms with van der Waals surface area (Å²) in [5.41, 5.74) is -4.42. The van der Waals surface area contributed by atoms with Crippen LogP contribution in [-0.2, 0) is 11.2 Å². The molecule has 4 rings (SSSR count). The number of halogens is 4. The molecule has 1 aliphatic heterocycles. The molecule has 2 amide bonds. The van der Waals surface area contributed by atoms with Crippen molar-refractivity contribution < 1.29 is 36.7 Å². The molecule has 1 N–H and O–H groups in total. The number of Topliss-reactive ketones (excluding diaryl/α,β-unsaturated/α-hetero) is 1. The van der Waals surface area contributed by atoms with Crippen LogP contribution in [0.25, 0.3) is 0 Å². The van der Waals surface area contributed by atoms with Gasteiger partial charge in [-0.15, -0.1) is 0 Å². The molecular weight excluding hydrogens is 540 g/mol. The van der Waals surface area contributed by atoms with Gasteiger partial charge in [0.2, 0.25) is 5.54 Å². The lowest BCUT2D eigenvalue weighted by Crippen LogP contribution is -2.66. The van der Waals surface area contributed by atoms with Crippen molar-refractivity contribution in [3.8, 4) is 5.75 Å². The van der Waals surface area contributed by atoms with Crippen LogP contribution in [0.3, 0.4) is 0 Å². The van der Waals surface area contributed by atoms with Crippen LogP contribution in [0, 0.1) is 5.82 Å². The molecule has 0 unspecified atom stereocenters. The molecule has 41 heavy (non-hydrogen) atoms. The Morgan fingerprint density at radius 1 is 0.927 bits per heavy atom. The van der Waals surface area contributed by atoms with Gasteiger partial charge in [0.1, 0.15) is 11.6 Å². The van der Waals surface area contributed by atoms with Gasteiger partial charge >= 0.3 is 6.18 Å². The number of nitrogens with zero attached hydrogens (tertiary/aromatic N) is 1. The zero-order chi connectivity index (χ0) is 29.9. The molecule has 214 valence electrons. The van der Waals surface area contributed by atoms with Crippen molar-refractivity contribution in [3.63, 3.8) is 0 Å². The van der Waals surface area contributed by atoms with Crippen molar-refractivity contribution in [2.75, 3.05) is 6.54 Å². The predicted molar refractivity (Wildman–Crippen MR) is 144 cm³/mol. The SMILES string of the molecule is CC1=C(C(=O)c2ccccc2)[C@@](NC(=O)c2ccc(OC(C)C)cc2)(C(F)(F)F)C(=O)N1CCc1ccc(F)cc1. The molecule has 0 aliphatic carbocycles. The van der Waals surface area contributed by atoms with Crippen molar-refractivity contribution >= 4 is 17.6 Å². The molecule has 0 saturated heterocycles. The third-order valence-electron chi connectivity index (χ3n) is 6.72. The van der Waals surface area contributed by atoms with Crippen LogP contribution in [0.2, 0.25) is 0 Å². The lowest BCUT2D eigenvalue weighted by molar-refractivity contribution is -0.189. The maximum Gasteiger partial charge on any atom is 0.425 e. The van der Waals surface area contributed by atoms with Crippen molar-refractivity contribution in [2.45, 2.75) is 45.0 Å². The maximum atomic E-state index is 15.1. The van der Waals surface area contributed by atoms with Gasteiger partial charge in [-0.3, -0.25) is 14.4 Å². The fourth-order valence-electron chi connectivity index (χ4n) is 4.75. The molecule has 10 heteroatoms. The number of carbonyl (C=O) groups is 3. The van der Waals surface area contributed by atoms with E-state index in [0.717, 1.165) is 4.90 Å². The molecule has 0 radical (unpaired) electrons. The van der Waals surface area contributed by atoms with Crippen LogP contribution in [-0.4, -0.2) is 46.9 Å². The molecule has 0 saturated carbocycles. The number of alkyl halides is 3. The number of allylic oxidation sites excluding steroid dienone is 1. The van der Waals surface area contributed by atoms with Crippen molar-refractivity contribution in [1.82, 2.24) is 10.2 Å². The van der Waals surface area contributed by atoms with Gasteiger partial charge in [-0.05, 0) is 69.2 Å². The summed E-state index contributed by atoms with van der Waals surface area (Å²) in [7, 11) is 0. The fraction of sp³-hybridized carbons (Fsp3) is 0.258. The Morgan fingerprint density at radius 2 is 1.54 bits per heavy atom. The van der Waals surface area contributed by atoms with E-state index in [9.17, 15) is 18.8 Å². The first-order valence-corrected chi connectivity index (χ1v) is 12.9. The number of nitrogens with one attached hydrogen (secondary N) is 1. The number of ketones is 1. The van der Waals surface area contributed by atoms with E-state index in [-0.39, 0.29) is 35.9 Å². The zero-order valence-electron chi connectivity index (χ0n) is 22.6. The van der Waals surface area contributed by atoms with Gasteiger partial charge in [-0.1, -0.05) is 42.5 Å². The molecule has 3 aromatic carbocycles. The number of amides is 2. The highest BCUT2D eigenvalue weighted by Gasteiger charge is 2.70. The van der Waals surface area contributed by atoms with Crippen LogP contribution < -0.4 is 10.1 Å². The molecule has 0 aromatic heterocycles. The second-order valence-corrected chi connectivity index (χ2v) is 9.88. The molecular formula is C31H28F4N2O4. The summed E-state index contributed by atoms with van der Waals surface area (Å²) in [5.74, 6) is -3.82. The topological polar surface area (TPSA) is 75.7 Å². The molecule has 1 heterocycles. The molecule has 1 atom stereocenters. The van der Waals surface area contributed by atoms with Crippen LogP contribution in [0.15, 0.2) is 90.1 Å². The lowest BCUT2D eigenvalue weighted by atomic mass is 9.84. The highest BCUT2D eigenvalue weighted by Crippen LogP contribution is 2.46. The van der Waals surface area contributed by atoms with Gasteiger partial charge in [0.05, 0.1) is 11.7 Å². The zero-order valence-corrected chi connectivity index (χ0v) is 22.6. The van der Waals surface area contributed by atoms with E-state index in [1.165, 1.54) is 79.7 Å². The van der Waals surface area contributed by atoms with Gasteiger partial charge in [-0.2, -0.15) is 13.2 Å². The molecule has 0 spiro atoms. The molecule has 0 bridgehead atoms. The van der Waals surface area contributed by atoms with Crippen molar-refractivity contribution in [3.05, 3.63) is 113 Å². The summed E-state index contributed by atoms with van der Waals surface area (Å²) in [4.78, 5) is 41.5. The molecule has 6 nitrogen and oxygen atoms in total. The number of rotatable bonds is 9. The number of hydrogen-bond donors (Lipinski definition) is 1. The van der Waals surface area contributed by atoms with E-state index >= 15 is 13.2 Å². The summed E-state index contributed by atoms with van der Waals surface area (Å²) in [5, 5.41) is 1.90. The third-order valence-corrected chi connectivity index (χ3v) is 6.72. The quantitative estimate of drug-likeness (QED) is 0.258. The highest BCUT2D eigenvalue weighted by atomic mass is 19.4. The molecule has 3 aromatic rings. The summed E-state index contributed by atoms with van der Waals surface area (Å²) < 4.78 is 64.2. The Balaban J connectivity index is 1.77. The summed E-state index contributed by atoms with van der Waals surface area (Å²) in [6.45, 7) is 4.59. The first-order valence-electron chi connectivity index (χ1n) is 12.9. The van der Waals surface area contributed by atoms with E-state index in [1.54, 1.807) is 19.9 Å². The van der Waals surface area contributed by atoms with E-state index in [2.05, 4.69) is 0 Å². The van der Waals surface area contributed by atoms with Crippen LogP contribution in [0.5, 0.6) is 5.75 Å². The van der Waals surface area contributed by atoms with E-state index in [4.69, 9.17) is 4.74 Å². The lowest BCUT2D eigenvalue weighted by Gasteiger charge is -2.33. The van der Waals surface area contributed by atoms with Gasteiger partial charge in [0.25, 0.3) is 11.8 Å². The van der Waals surface area contributed by atoms with Gasteiger partial charge < -0.3 is 15.0 Å². The Morgan fingerprint density at radius 3 is 2.10 bits per heavy atom. The highest BCUT2D eigenvalue weighted by molar-refractivity contribution is 6.19. The Bertz CT molecular complexity index is 1470. The standard InChI is InChI=1S/C31H28F4N2O4/c1-19(2)41-25-15-11-23(12-16-25)28(39)36-30(31(33,34)35)26(27(38)22-7-5-4-6-8-22)20(3)37(29(30)40)18-17-21-9-13-24(32)14-10-21/h4-16,19H,17-18H2,1-3H3,(H,36,39)/t30-/m0/s1. The minimum absolute atomic E-state index is 0.0758. The van der Waals surface area contributed by atoms with Crippen LogP contribution in [0.1, 0.15) is 47.1 Å². The average molecular weight is 569 g/mol. The minimum Gasteiger partial charge on any atom is -0.491 e. The largest absolute Gasteiger partial charge is 0.491 e. The van der Waals surface area contributed by atoms with Gasteiger partial charge in [0.15, 0.2) is 5.78 Å². The summed E-state index contributed by atoms with van der Waals surface area (Å²) >= 11 is 0. The first kappa shape index (κ1) is 29.5. The Kier molecular flexibility index (Phi) is 8.32. The maximum absolute atomic E-state index is 15.1. The van der Waals surface area contributed by atoms with E-state index in [1.807, 2.05) is 5.32 Å². The van der Waals surface area contributed by atoms with Crippen molar-refractivity contribution in [1.29, 1.82) is 0 Å². The summed E-state index contributed by atoms with van der Waals surface area (Å²) in [6, 6.07) is 18.0. The van der Waals surface area contributed by atoms with E-state index < -0.39 is 40.7 Å². The Hall–Kier alpha value is -4.47. The van der Waals surface area contributed by atoms with Crippen molar-refractivity contribution in [2.24, 2.45) is 0 Å². The third kappa shape index (κ3) is 5.86. The average Bonchev–Trinajstić information content (AvgIpc) is 3.14. The monoisotopic (exact) mass is 568 g/mol. The number of ether oxygens (including phenoxy) is 1. The Labute approximate surface area is 234 Å². The van der Waals surface area contributed by atoms with Gasteiger partial charge in [0, 0.05) is 23.4 Å². The normalized spacial score (nSPS) is 17.3. The number of benzene rings is 3. The number of hydrogen-bond acceptors (Lipinski definition) is 4. The predicted octanol–water partition coefficient (Wildman–Crippen LogP) is 5.89. The second kappa shape index (κ2) is 11.6. The smallest absolute Gasteiger partial charge is 0.425 e. The number of carbonyl (C=O) groups excluding carboxylic acids is 3.